The number of benzene rings is 2. The fraction of sp³-hybridized carbons (Fsp3) is 0.150. The van der Waals surface area contributed by atoms with Gasteiger partial charge in [-0.15, -0.1) is 13.2 Å². The number of H-pyrrole nitrogens is 1. The van der Waals surface area contributed by atoms with Gasteiger partial charge in [-0.1, -0.05) is 30.3 Å². The molecule has 0 unspecified atom stereocenters. The topological polar surface area (TPSA) is 42.8 Å². The quantitative estimate of drug-likeness (QED) is 0.409. The second-order valence-electron chi connectivity index (χ2n) is 6.31. The van der Waals surface area contributed by atoms with Crippen LogP contribution in [-0.2, 0) is 13.0 Å². The molecular formula is C20H15BrF3N3O. The van der Waals surface area contributed by atoms with Crippen molar-refractivity contribution in [3.8, 4) is 16.9 Å². The summed E-state index contributed by atoms with van der Waals surface area (Å²) in [4.78, 5) is 3.43. The number of ether oxygens (including phenoxy) is 1. The molecule has 0 saturated carbocycles. The first-order chi connectivity index (χ1) is 13.4. The smallest absolute Gasteiger partial charge is 0.406 e. The number of aromatic nitrogens is 3. The lowest BCUT2D eigenvalue weighted by atomic mass is 10.0. The van der Waals surface area contributed by atoms with Crippen LogP contribution in [0.5, 0.6) is 5.75 Å². The van der Waals surface area contributed by atoms with E-state index < -0.39 is 6.36 Å². The maximum absolute atomic E-state index is 12.3. The Balaban J connectivity index is 1.58. The number of halogens is 4. The van der Waals surface area contributed by atoms with Crippen molar-refractivity contribution in [2.75, 3.05) is 0 Å². The van der Waals surface area contributed by atoms with E-state index in [0.717, 1.165) is 45.2 Å². The zero-order valence-electron chi connectivity index (χ0n) is 14.5. The summed E-state index contributed by atoms with van der Waals surface area (Å²) in [5, 5.41) is 5.29. The summed E-state index contributed by atoms with van der Waals surface area (Å²) in [6.07, 6.45) is -0.255. The number of aryl methyl sites for hydroxylation is 2. The van der Waals surface area contributed by atoms with Crippen LogP contribution >= 0.6 is 15.9 Å². The number of aromatic amines is 1. The van der Waals surface area contributed by atoms with Crippen LogP contribution in [0.4, 0.5) is 13.2 Å². The number of nitrogens with one attached hydrogen (secondary N) is 1. The highest BCUT2D eigenvalue weighted by Gasteiger charge is 2.31. The molecule has 2 heterocycles. The van der Waals surface area contributed by atoms with Gasteiger partial charge < -0.3 is 9.72 Å². The summed E-state index contributed by atoms with van der Waals surface area (Å²) in [5.74, 6) is -0.235. The highest BCUT2D eigenvalue weighted by atomic mass is 79.9. The van der Waals surface area contributed by atoms with E-state index in [2.05, 4.69) is 36.8 Å². The van der Waals surface area contributed by atoms with Crippen LogP contribution in [0.2, 0.25) is 0 Å². The molecule has 0 radical (unpaired) electrons. The SMILES string of the molecule is FC(F)(F)Oc1ccc(-c2cccc3cc(CCn4cc(Br)cn4)[nH]c23)cc1. The lowest BCUT2D eigenvalue weighted by molar-refractivity contribution is -0.274. The lowest BCUT2D eigenvalue weighted by Gasteiger charge is -2.09. The molecule has 0 bridgehead atoms. The van der Waals surface area contributed by atoms with Crippen molar-refractivity contribution in [3.63, 3.8) is 0 Å². The minimum Gasteiger partial charge on any atom is -0.406 e. The van der Waals surface area contributed by atoms with Crippen molar-refractivity contribution in [1.82, 2.24) is 14.8 Å². The number of hydrogen-bond donors (Lipinski definition) is 1. The molecule has 144 valence electrons. The average molecular weight is 450 g/mol. The number of hydrogen-bond acceptors (Lipinski definition) is 2. The minimum atomic E-state index is -4.69. The Morgan fingerprint density at radius 1 is 1.11 bits per heavy atom. The molecular weight excluding hydrogens is 435 g/mol. The van der Waals surface area contributed by atoms with E-state index in [1.54, 1.807) is 18.3 Å². The Bertz CT molecular complexity index is 1100. The highest BCUT2D eigenvalue weighted by Crippen LogP contribution is 2.31. The number of alkyl halides is 3. The second-order valence-corrected chi connectivity index (χ2v) is 7.22. The zero-order valence-corrected chi connectivity index (χ0v) is 16.1. The predicted molar refractivity (Wildman–Crippen MR) is 104 cm³/mol. The predicted octanol–water partition coefficient (Wildman–Crippen LogP) is 5.94. The monoisotopic (exact) mass is 449 g/mol. The molecule has 0 atom stereocenters. The largest absolute Gasteiger partial charge is 0.573 e. The standard InChI is InChI=1S/C20H15BrF3N3O/c21-15-11-25-27(12-15)9-8-16-10-14-2-1-3-18(19(14)26-16)13-4-6-17(7-5-13)28-20(22,23)24/h1-7,10-12,26H,8-9H2. The van der Waals surface area contributed by atoms with Gasteiger partial charge in [0.05, 0.1) is 16.2 Å². The number of fused-ring (bicyclic) bond motifs is 1. The van der Waals surface area contributed by atoms with Gasteiger partial charge in [-0.25, -0.2) is 0 Å². The summed E-state index contributed by atoms with van der Waals surface area (Å²) in [5.41, 5.74) is 3.74. The van der Waals surface area contributed by atoms with Crippen molar-refractivity contribution in [3.05, 3.63) is 71.1 Å². The summed E-state index contributed by atoms with van der Waals surface area (Å²) in [7, 11) is 0. The number of para-hydroxylation sites is 1. The lowest BCUT2D eigenvalue weighted by Crippen LogP contribution is -2.16. The molecule has 0 aliphatic rings. The molecule has 1 N–H and O–H groups in total. The molecule has 8 heteroatoms. The molecule has 0 saturated heterocycles. The van der Waals surface area contributed by atoms with Gasteiger partial charge in [-0.2, -0.15) is 5.10 Å². The molecule has 0 aliphatic carbocycles. The first-order valence-electron chi connectivity index (χ1n) is 8.52. The van der Waals surface area contributed by atoms with Crippen LogP contribution < -0.4 is 4.74 Å². The molecule has 0 fully saturated rings. The molecule has 2 aromatic heterocycles. The molecule has 0 spiro atoms. The Morgan fingerprint density at radius 2 is 1.89 bits per heavy atom. The first-order valence-corrected chi connectivity index (χ1v) is 9.31. The van der Waals surface area contributed by atoms with Gasteiger partial charge in [0.2, 0.25) is 0 Å². The van der Waals surface area contributed by atoms with Gasteiger partial charge in [0.1, 0.15) is 5.75 Å². The van der Waals surface area contributed by atoms with E-state index in [1.807, 2.05) is 29.1 Å². The molecule has 0 amide bonds. The average Bonchev–Trinajstić information content (AvgIpc) is 3.24. The van der Waals surface area contributed by atoms with Gasteiger partial charge in [0.15, 0.2) is 0 Å². The molecule has 4 rings (SSSR count). The zero-order chi connectivity index (χ0) is 19.7. The molecule has 4 nitrogen and oxygen atoms in total. The minimum absolute atomic E-state index is 0.235. The molecule has 4 aromatic rings. The van der Waals surface area contributed by atoms with Crippen LogP contribution in [0.25, 0.3) is 22.0 Å². The van der Waals surface area contributed by atoms with Crippen molar-refractivity contribution < 1.29 is 17.9 Å². The van der Waals surface area contributed by atoms with E-state index in [-0.39, 0.29) is 5.75 Å². The van der Waals surface area contributed by atoms with Crippen LogP contribution in [0.3, 0.4) is 0 Å². The van der Waals surface area contributed by atoms with E-state index in [1.165, 1.54) is 12.1 Å². The van der Waals surface area contributed by atoms with Crippen LogP contribution in [0, 0.1) is 0 Å². The van der Waals surface area contributed by atoms with E-state index in [9.17, 15) is 13.2 Å². The summed E-state index contributed by atoms with van der Waals surface area (Å²) >= 11 is 3.38. The maximum atomic E-state index is 12.3. The second kappa shape index (κ2) is 7.35. The molecule has 28 heavy (non-hydrogen) atoms. The Morgan fingerprint density at radius 3 is 2.57 bits per heavy atom. The normalized spacial score (nSPS) is 11.9. The first kappa shape index (κ1) is 18.6. The van der Waals surface area contributed by atoms with Crippen molar-refractivity contribution in [2.24, 2.45) is 0 Å². The molecule has 0 aliphatic heterocycles. The number of rotatable bonds is 5. The highest BCUT2D eigenvalue weighted by molar-refractivity contribution is 9.10. The Hall–Kier alpha value is -2.74. The van der Waals surface area contributed by atoms with Gasteiger partial charge in [0.25, 0.3) is 0 Å². The van der Waals surface area contributed by atoms with Crippen molar-refractivity contribution >= 4 is 26.8 Å². The van der Waals surface area contributed by atoms with E-state index >= 15 is 0 Å². The van der Waals surface area contributed by atoms with E-state index in [0.29, 0.717) is 0 Å². The number of nitrogens with zero attached hydrogens (tertiary/aromatic N) is 2. The van der Waals surface area contributed by atoms with E-state index in [4.69, 9.17) is 0 Å². The van der Waals surface area contributed by atoms with Gasteiger partial charge in [0, 0.05) is 35.8 Å². The Kier molecular flexibility index (Phi) is 4.89. The summed E-state index contributed by atoms with van der Waals surface area (Å²) < 4.78 is 43.7. The van der Waals surface area contributed by atoms with Crippen LogP contribution in [-0.4, -0.2) is 21.1 Å². The van der Waals surface area contributed by atoms with Crippen LogP contribution in [0.15, 0.2) is 65.4 Å². The maximum Gasteiger partial charge on any atom is 0.573 e. The van der Waals surface area contributed by atoms with Gasteiger partial charge in [-0.3, -0.25) is 4.68 Å². The van der Waals surface area contributed by atoms with Crippen molar-refractivity contribution in [1.29, 1.82) is 0 Å². The van der Waals surface area contributed by atoms with Crippen molar-refractivity contribution in [2.45, 2.75) is 19.3 Å². The third kappa shape index (κ3) is 4.22. The fourth-order valence-corrected chi connectivity index (χ4v) is 3.45. The Labute approximate surface area is 167 Å². The summed E-state index contributed by atoms with van der Waals surface area (Å²) in [6.45, 7) is 0.733. The van der Waals surface area contributed by atoms with Gasteiger partial charge >= 0.3 is 6.36 Å². The third-order valence-electron chi connectivity index (χ3n) is 4.32. The summed E-state index contributed by atoms with van der Waals surface area (Å²) in [6, 6.07) is 13.8. The molecule has 2 aromatic carbocycles. The fourth-order valence-electron chi connectivity index (χ4n) is 3.12. The van der Waals surface area contributed by atoms with Gasteiger partial charge in [-0.05, 0) is 39.7 Å². The van der Waals surface area contributed by atoms with Crippen LogP contribution in [0.1, 0.15) is 5.69 Å². The third-order valence-corrected chi connectivity index (χ3v) is 4.73.